The molecule has 1 N–H and O–H groups in total. The van der Waals surface area contributed by atoms with Gasteiger partial charge in [0.15, 0.2) is 0 Å². The number of carbonyl (C=O) groups is 3. The van der Waals surface area contributed by atoms with Crippen LogP contribution in [0.4, 0.5) is 16.2 Å². The van der Waals surface area contributed by atoms with Gasteiger partial charge in [0, 0.05) is 29.2 Å². The molecule has 1 amide bonds. The van der Waals surface area contributed by atoms with E-state index in [4.69, 9.17) is 14.2 Å². The maximum absolute atomic E-state index is 12.9. The third kappa shape index (κ3) is 5.83. The smallest absolute Gasteiger partial charge is 0.456 e. The van der Waals surface area contributed by atoms with Gasteiger partial charge < -0.3 is 19.3 Å². The van der Waals surface area contributed by atoms with Crippen molar-refractivity contribution in [3.05, 3.63) is 90.5 Å². The molecule has 204 valence electrons. The van der Waals surface area contributed by atoms with Crippen molar-refractivity contribution in [1.82, 2.24) is 4.90 Å². The zero-order valence-electron chi connectivity index (χ0n) is 20.3. The normalized spacial score (nSPS) is 18.6. The predicted molar refractivity (Wildman–Crippen MR) is 133 cm³/mol. The van der Waals surface area contributed by atoms with Crippen LogP contribution in [0, 0.1) is 26.1 Å². The molecule has 2 aromatic rings. The summed E-state index contributed by atoms with van der Waals surface area (Å²) in [5.74, 6) is -2.17. The number of fused-ring (bicyclic) bond motifs is 1. The molecule has 1 saturated heterocycles. The lowest BCUT2D eigenvalue weighted by Gasteiger charge is -2.44. The number of rotatable bonds is 10. The zero-order chi connectivity index (χ0) is 28.3. The van der Waals surface area contributed by atoms with Gasteiger partial charge in [0.2, 0.25) is 5.91 Å². The number of thioether (sulfide) groups is 1. The summed E-state index contributed by atoms with van der Waals surface area (Å²) in [5.41, 5.74) is 0.654. The maximum Gasteiger partial charge on any atom is 0.508 e. The van der Waals surface area contributed by atoms with E-state index in [0.717, 1.165) is 11.8 Å². The first-order valence-electron chi connectivity index (χ1n) is 11.4. The zero-order valence-corrected chi connectivity index (χ0v) is 21.1. The van der Waals surface area contributed by atoms with Crippen LogP contribution in [0.1, 0.15) is 18.1 Å². The molecule has 0 saturated carbocycles. The number of amides is 1. The van der Waals surface area contributed by atoms with Gasteiger partial charge in [-0.25, -0.2) is 9.59 Å². The Labute approximate surface area is 224 Å². The number of ether oxygens (including phenoxy) is 3. The van der Waals surface area contributed by atoms with Gasteiger partial charge in [-0.2, -0.15) is 0 Å². The van der Waals surface area contributed by atoms with E-state index in [1.54, 1.807) is 0 Å². The molecule has 0 unspecified atom stereocenters. The highest BCUT2D eigenvalue weighted by molar-refractivity contribution is 8.04. The monoisotopic (exact) mass is 559 g/mol. The van der Waals surface area contributed by atoms with Crippen LogP contribution in [0.25, 0.3) is 0 Å². The van der Waals surface area contributed by atoms with Crippen molar-refractivity contribution in [3.8, 4) is 0 Å². The minimum absolute atomic E-state index is 0.108. The number of aliphatic hydroxyl groups excluding tert-OH is 1. The Morgan fingerprint density at radius 3 is 1.97 bits per heavy atom. The molecule has 0 aliphatic carbocycles. The van der Waals surface area contributed by atoms with Crippen molar-refractivity contribution in [1.29, 1.82) is 0 Å². The molecule has 15 heteroatoms. The highest BCUT2D eigenvalue weighted by Crippen LogP contribution is 2.50. The van der Waals surface area contributed by atoms with Crippen LogP contribution < -0.4 is 0 Å². The van der Waals surface area contributed by atoms with Crippen molar-refractivity contribution in [2.24, 2.45) is 5.92 Å². The first-order valence-corrected chi connectivity index (χ1v) is 12.3. The van der Waals surface area contributed by atoms with Crippen molar-refractivity contribution < 1.29 is 43.5 Å². The quantitative estimate of drug-likeness (QED) is 0.194. The van der Waals surface area contributed by atoms with Crippen molar-refractivity contribution in [3.63, 3.8) is 0 Å². The number of β-lactam (4-membered cyclic amide) rings is 1. The lowest BCUT2D eigenvalue weighted by atomic mass is 9.92. The van der Waals surface area contributed by atoms with Crippen LogP contribution in [0.3, 0.4) is 0 Å². The fourth-order valence-electron chi connectivity index (χ4n) is 3.99. The van der Waals surface area contributed by atoms with Crippen LogP contribution in [0.2, 0.25) is 0 Å². The first kappa shape index (κ1) is 27.5. The second-order valence-electron chi connectivity index (χ2n) is 8.46. The highest BCUT2D eigenvalue weighted by Gasteiger charge is 2.58. The summed E-state index contributed by atoms with van der Waals surface area (Å²) < 4.78 is 15.5. The van der Waals surface area contributed by atoms with Gasteiger partial charge in [0.05, 0.1) is 16.5 Å². The van der Waals surface area contributed by atoms with Gasteiger partial charge in [-0.05, 0) is 42.3 Å². The molecule has 2 heterocycles. The van der Waals surface area contributed by atoms with Crippen LogP contribution in [-0.2, 0) is 37.0 Å². The minimum Gasteiger partial charge on any atom is -0.456 e. The number of hydrogen-bond donors (Lipinski definition) is 1. The van der Waals surface area contributed by atoms with Crippen LogP contribution in [0.5, 0.6) is 0 Å². The molecule has 4 rings (SSSR count). The van der Waals surface area contributed by atoms with Gasteiger partial charge in [-0.15, -0.1) is 0 Å². The first-order chi connectivity index (χ1) is 18.6. The molecule has 0 spiro atoms. The van der Waals surface area contributed by atoms with E-state index < -0.39 is 51.9 Å². The number of nitro groups is 2. The summed E-state index contributed by atoms with van der Waals surface area (Å²) in [6, 6.07) is 10.8. The van der Waals surface area contributed by atoms with Crippen LogP contribution in [0.15, 0.2) is 59.1 Å². The summed E-state index contributed by atoms with van der Waals surface area (Å²) in [5, 5.41) is 30.7. The molecule has 0 radical (unpaired) electrons. The topological polar surface area (TPSA) is 189 Å². The Morgan fingerprint density at radius 2 is 1.49 bits per heavy atom. The fraction of sp³-hybridized carbons (Fsp3) is 0.292. The Kier molecular flexibility index (Phi) is 8.11. The molecular formula is C24H21N3O11S. The number of nitrogens with zero attached hydrogens (tertiary/aromatic N) is 3. The van der Waals surface area contributed by atoms with Gasteiger partial charge >= 0.3 is 12.1 Å². The van der Waals surface area contributed by atoms with Crippen molar-refractivity contribution >= 4 is 41.2 Å². The third-order valence-electron chi connectivity index (χ3n) is 6.00. The average Bonchev–Trinajstić information content (AvgIpc) is 3.25. The predicted octanol–water partition coefficient (Wildman–Crippen LogP) is 3.02. The van der Waals surface area contributed by atoms with E-state index in [-0.39, 0.29) is 35.2 Å². The van der Waals surface area contributed by atoms with Gasteiger partial charge in [-0.1, -0.05) is 11.8 Å². The van der Waals surface area contributed by atoms with E-state index in [0.29, 0.717) is 11.1 Å². The van der Waals surface area contributed by atoms with E-state index in [9.17, 15) is 39.7 Å². The van der Waals surface area contributed by atoms with Crippen LogP contribution in [-0.4, -0.2) is 56.0 Å². The Hall–Kier alpha value is -4.50. The molecule has 0 bridgehead atoms. The summed E-state index contributed by atoms with van der Waals surface area (Å²) in [6.07, 6.45) is -1.97. The van der Waals surface area contributed by atoms with Gasteiger partial charge in [-0.3, -0.25) is 29.9 Å². The van der Waals surface area contributed by atoms with Crippen LogP contribution >= 0.6 is 11.8 Å². The van der Waals surface area contributed by atoms with E-state index in [1.807, 2.05) is 0 Å². The Morgan fingerprint density at radius 1 is 0.974 bits per heavy atom. The second-order valence-corrected chi connectivity index (χ2v) is 9.67. The average molecular weight is 560 g/mol. The molecule has 2 aromatic carbocycles. The Bertz CT molecular complexity index is 1340. The van der Waals surface area contributed by atoms with Gasteiger partial charge in [0.1, 0.15) is 36.3 Å². The SMILES string of the molecule is C[C@@H](OC(=O)OCc1ccc([N+](=O)[O-])cc1)[C@H]1C(=O)N2C(C(=O)OCc3ccc([N+](=O)[O-])cc3)=C(CO)S[C@H]12. The molecule has 39 heavy (non-hydrogen) atoms. The van der Waals surface area contributed by atoms with Crippen molar-refractivity contribution in [2.45, 2.75) is 31.6 Å². The summed E-state index contributed by atoms with van der Waals surface area (Å²) >= 11 is 1.08. The summed E-state index contributed by atoms with van der Waals surface area (Å²) in [7, 11) is 0. The number of non-ortho nitro benzene ring substituents is 2. The lowest BCUT2D eigenvalue weighted by molar-refractivity contribution is -0.385. The number of hydrogen-bond acceptors (Lipinski definition) is 12. The molecule has 14 nitrogen and oxygen atoms in total. The fourth-order valence-corrected chi connectivity index (χ4v) is 5.45. The number of benzene rings is 2. The molecule has 1 fully saturated rings. The summed E-state index contributed by atoms with van der Waals surface area (Å²) in [4.78, 5) is 59.7. The molecular weight excluding hydrogens is 538 g/mol. The molecule has 2 aliphatic heterocycles. The van der Waals surface area contributed by atoms with E-state index in [2.05, 4.69) is 0 Å². The summed E-state index contributed by atoms with van der Waals surface area (Å²) in [6.45, 7) is 0.566. The van der Waals surface area contributed by atoms with E-state index >= 15 is 0 Å². The standard InChI is InChI=1S/C24H21N3O11S/c1-13(38-24(31)37-12-15-4-8-17(9-5-15)27(34)35)19-21(29)25-20(18(10-28)39-22(19)25)23(30)36-11-14-2-6-16(7-3-14)26(32)33/h2-9,13,19,22,28H,10-12H2,1H3/t13-,19+,22-/m1/s1. The van der Waals surface area contributed by atoms with Gasteiger partial charge in [0.25, 0.3) is 11.4 Å². The number of carbonyl (C=O) groups excluding carboxylic acids is 3. The third-order valence-corrected chi connectivity index (χ3v) is 7.35. The molecule has 2 aliphatic rings. The molecule has 3 atom stereocenters. The van der Waals surface area contributed by atoms with Crippen molar-refractivity contribution in [2.75, 3.05) is 6.61 Å². The number of esters is 1. The van der Waals surface area contributed by atoms with E-state index in [1.165, 1.54) is 60.4 Å². The number of aliphatic hydroxyl groups is 1. The largest absolute Gasteiger partial charge is 0.508 e. The Balaban J connectivity index is 1.31. The second kappa shape index (κ2) is 11.5. The maximum atomic E-state index is 12.9. The number of nitro benzene ring substituents is 2. The lowest BCUT2D eigenvalue weighted by Crippen LogP contribution is -2.61. The highest BCUT2D eigenvalue weighted by atomic mass is 32.2. The minimum atomic E-state index is -1.05. The molecule has 0 aromatic heterocycles.